The summed E-state index contributed by atoms with van der Waals surface area (Å²) < 4.78 is 23.6. The van der Waals surface area contributed by atoms with Crippen molar-refractivity contribution in [2.75, 3.05) is 11.5 Å². The minimum absolute atomic E-state index is 0.108. The second-order valence-electron chi connectivity index (χ2n) is 4.07. The highest BCUT2D eigenvalue weighted by Crippen LogP contribution is 2.17. The average molecular weight is 304 g/mol. The lowest BCUT2D eigenvalue weighted by atomic mass is 10.2. The zero-order valence-corrected chi connectivity index (χ0v) is 11.2. The third-order valence-corrected chi connectivity index (χ3v) is 5.31. The molecule has 1 fully saturated rings. The molecule has 3 nitrogen and oxygen atoms in total. The summed E-state index contributed by atoms with van der Waals surface area (Å²) in [7, 11) is -2.78. The first-order chi connectivity index (χ1) is 7.57. The van der Waals surface area contributed by atoms with Crippen LogP contribution < -0.4 is 5.32 Å². The Morgan fingerprint density at radius 2 is 2.12 bits per heavy atom. The van der Waals surface area contributed by atoms with Crippen LogP contribution in [0.4, 0.5) is 0 Å². The summed E-state index contributed by atoms with van der Waals surface area (Å²) in [5, 5.41) is 3.29. The summed E-state index contributed by atoms with van der Waals surface area (Å²) in [6, 6.07) is 8.07. The van der Waals surface area contributed by atoms with Crippen molar-refractivity contribution < 1.29 is 8.42 Å². The molecule has 1 atom stereocenters. The number of benzene rings is 1. The van der Waals surface area contributed by atoms with Crippen molar-refractivity contribution in [3.8, 4) is 0 Å². The molecule has 1 N–H and O–H groups in total. The molecule has 1 heterocycles. The quantitative estimate of drug-likeness (QED) is 0.925. The van der Waals surface area contributed by atoms with Gasteiger partial charge in [-0.05, 0) is 18.1 Å². The Bertz CT molecular complexity index is 473. The monoisotopic (exact) mass is 303 g/mol. The van der Waals surface area contributed by atoms with Crippen molar-refractivity contribution in [1.82, 2.24) is 5.32 Å². The van der Waals surface area contributed by atoms with E-state index in [0.29, 0.717) is 12.3 Å². The molecule has 88 valence electrons. The molecular weight excluding hydrogens is 290 g/mol. The molecule has 1 saturated heterocycles. The second-order valence-corrected chi connectivity index (χ2v) is 7.16. The maximum atomic E-state index is 11.3. The van der Waals surface area contributed by atoms with Crippen LogP contribution in [-0.4, -0.2) is 26.0 Å². The van der Waals surface area contributed by atoms with Crippen LogP contribution in [0.2, 0.25) is 0 Å². The van der Waals surface area contributed by atoms with Gasteiger partial charge in [0.2, 0.25) is 0 Å². The third kappa shape index (κ3) is 3.06. The molecule has 0 saturated carbocycles. The van der Waals surface area contributed by atoms with Crippen molar-refractivity contribution >= 4 is 25.8 Å². The summed E-state index contributed by atoms with van der Waals surface area (Å²) in [5.41, 5.74) is 1.16. The third-order valence-electron chi connectivity index (χ3n) is 2.77. The Labute approximate surface area is 104 Å². The van der Waals surface area contributed by atoms with E-state index >= 15 is 0 Å². The number of hydrogen-bond acceptors (Lipinski definition) is 3. The van der Waals surface area contributed by atoms with Crippen LogP contribution in [0.25, 0.3) is 0 Å². The van der Waals surface area contributed by atoms with Crippen molar-refractivity contribution in [2.24, 2.45) is 0 Å². The van der Waals surface area contributed by atoms with E-state index in [1.807, 2.05) is 24.3 Å². The number of hydrogen-bond donors (Lipinski definition) is 1. The maximum absolute atomic E-state index is 11.3. The molecular formula is C11H14BrNO2S. The molecule has 1 aromatic rings. The molecule has 2 rings (SSSR count). The van der Waals surface area contributed by atoms with Gasteiger partial charge in [0.25, 0.3) is 0 Å². The van der Waals surface area contributed by atoms with E-state index in [0.717, 1.165) is 16.5 Å². The topological polar surface area (TPSA) is 46.2 Å². The Kier molecular flexibility index (Phi) is 3.66. The number of rotatable bonds is 3. The Balaban J connectivity index is 1.92. The number of halogens is 1. The highest BCUT2D eigenvalue weighted by Gasteiger charge is 2.27. The van der Waals surface area contributed by atoms with E-state index in [-0.39, 0.29) is 11.8 Å². The molecule has 0 amide bonds. The lowest BCUT2D eigenvalue weighted by molar-refractivity contribution is 0.553. The lowest BCUT2D eigenvalue weighted by Crippen LogP contribution is -2.29. The Morgan fingerprint density at radius 3 is 2.75 bits per heavy atom. The van der Waals surface area contributed by atoms with Gasteiger partial charge in [-0.1, -0.05) is 34.1 Å². The fraction of sp³-hybridized carbons (Fsp3) is 0.455. The van der Waals surface area contributed by atoms with E-state index in [4.69, 9.17) is 0 Å². The normalized spacial score (nSPS) is 23.4. The standard InChI is InChI=1S/C11H14BrNO2S/c12-11-4-2-1-3-9(11)7-13-10-5-6-16(14,15)8-10/h1-4,10,13H,5-8H2. The molecule has 0 bridgehead atoms. The largest absolute Gasteiger partial charge is 0.309 e. The molecule has 1 unspecified atom stereocenters. The number of nitrogens with one attached hydrogen (secondary N) is 1. The van der Waals surface area contributed by atoms with Crippen LogP contribution in [0.15, 0.2) is 28.7 Å². The van der Waals surface area contributed by atoms with E-state index in [1.54, 1.807) is 0 Å². The van der Waals surface area contributed by atoms with Crippen LogP contribution in [0.1, 0.15) is 12.0 Å². The second kappa shape index (κ2) is 4.85. The molecule has 1 aliphatic rings. The van der Waals surface area contributed by atoms with E-state index in [2.05, 4.69) is 21.2 Å². The molecule has 5 heteroatoms. The van der Waals surface area contributed by atoms with Gasteiger partial charge in [-0.2, -0.15) is 0 Å². The molecule has 0 radical (unpaired) electrons. The van der Waals surface area contributed by atoms with Crippen molar-refractivity contribution in [3.63, 3.8) is 0 Å². The van der Waals surface area contributed by atoms with Gasteiger partial charge in [0, 0.05) is 17.1 Å². The first kappa shape index (κ1) is 12.1. The smallest absolute Gasteiger partial charge is 0.151 e. The minimum Gasteiger partial charge on any atom is -0.309 e. The van der Waals surface area contributed by atoms with E-state index < -0.39 is 9.84 Å². The molecule has 0 spiro atoms. The minimum atomic E-state index is -2.78. The molecule has 0 aromatic heterocycles. The highest BCUT2D eigenvalue weighted by atomic mass is 79.9. The van der Waals surface area contributed by atoms with Gasteiger partial charge in [-0.25, -0.2) is 8.42 Å². The molecule has 1 aromatic carbocycles. The summed E-state index contributed by atoms with van der Waals surface area (Å²) in [5.74, 6) is 0.595. The fourth-order valence-corrected chi connectivity index (χ4v) is 3.98. The van der Waals surface area contributed by atoms with E-state index in [1.165, 1.54) is 0 Å². The van der Waals surface area contributed by atoms with Gasteiger partial charge < -0.3 is 5.32 Å². The summed E-state index contributed by atoms with van der Waals surface area (Å²) in [6.45, 7) is 0.710. The van der Waals surface area contributed by atoms with E-state index in [9.17, 15) is 8.42 Å². The summed E-state index contributed by atoms with van der Waals surface area (Å²) in [4.78, 5) is 0. The summed E-state index contributed by atoms with van der Waals surface area (Å²) in [6.07, 6.45) is 0.729. The molecule has 16 heavy (non-hydrogen) atoms. The van der Waals surface area contributed by atoms with Gasteiger partial charge in [0.05, 0.1) is 11.5 Å². The maximum Gasteiger partial charge on any atom is 0.151 e. The van der Waals surface area contributed by atoms with Crippen molar-refractivity contribution in [1.29, 1.82) is 0 Å². The first-order valence-electron chi connectivity index (χ1n) is 5.24. The van der Waals surface area contributed by atoms with Crippen molar-refractivity contribution in [2.45, 2.75) is 19.0 Å². The highest BCUT2D eigenvalue weighted by molar-refractivity contribution is 9.10. The molecule has 0 aliphatic carbocycles. The average Bonchev–Trinajstić information content (AvgIpc) is 2.57. The summed E-state index contributed by atoms with van der Waals surface area (Å²) >= 11 is 3.47. The van der Waals surface area contributed by atoms with Gasteiger partial charge in [-0.3, -0.25) is 0 Å². The zero-order chi connectivity index (χ0) is 11.6. The van der Waals surface area contributed by atoms with Gasteiger partial charge >= 0.3 is 0 Å². The predicted molar refractivity (Wildman–Crippen MR) is 68.0 cm³/mol. The van der Waals surface area contributed by atoms with Gasteiger partial charge in [0.15, 0.2) is 9.84 Å². The Morgan fingerprint density at radius 1 is 1.38 bits per heavy atom. The van der Waals surface area contributed by atoms with Crippen LogP contribution >= 0.6 is 15.9 Å². The van der Waals surface area contributed by atoms with Crippen LogP contribution in [0.3, 0.4) is 0 Å². The number of sulfone groups is 1. The lowest BCUT2D eigenvalue weighted by Gasteiger charge is -2.11. The predicted octanol–water partition coefficient (Wildman–Crippen LogP) is 1.73. The zero-order valence-electron chi connectivity index (χ0n) is 8.82. The molecule has 1 aliphatic heterocycles. The van der Waals surface area contributed by atoms with Gasteiger partial charge in [-0.15, -0.1) is 0 Å². The fourth-order valence-electron chi connectivity index (χ4n) is 1.85. The first-order valence-corrected chi connectivity index (χ1v) is 7.85. The van der Waals surface area contributed by atoms with Crippen LogP contribution in [0, 0.1) is 0 Å². The van der Waals surface area contributed by atoms with Gasteiger partial charge in [0.1, 0.15) is 0 Å². The van der Waals surface area contributed by atoms with Crippen LogP contribution in [0.5, 0.6) is 0 Å². The van der Waals surface area contributed by atoms with Crippen molar-refractivity contribution in [3.05, 3.63) is 34.3 Å². The van der Waals surface area contributed by atoms with Crippen LogP contribution in [-0.2, 0) is 16.4 Å². The Hall–Kier alpha value is -0.390. The SMILES string of the molecule is O=S1(=O)CCC(NCc2ccccc2Br)C1.